The molecule has 0 spiro atoms. The highest BCUT2D eigenvalue weighted by Gasteiger charge is 2.08. The van der Waals surface area contributed by atoms with Gasteiger partial charge in [0.1, 0.15) is 5.75 Å². The van der Waals surface area contributed by atoms with E-state index in [9.17, 15) is 4.21 Å². The molecule has 0 amide bonds. The molecule has 1 atom stereocenters. The standard InChI is InChI=1S/C18H18N2O3S/c1-12-9-13(3-4-14(12)11-20-24(21)22)16-7-8-19-18-10-15(23-2)5-6-17(16)18/h3-10,20H,11H2,1-2H3,(H,21,22). The maximum absolute atomic E-state index is 10.8. The molecular weight excluding hydrogens is 324 g/mol. The van der Waals surface area contributed by atoms with Crippen LogP contribution in [-0.4, -0.2) is 20.9 Å². The van der Waals surface area contributed by atoms with Crippen LogP contribution in [0.15, 0.2) is 48.7 Å². The zero-order valence-corrected chi connectivity index (χ0v) is 14.3. The second-order valence-electron chi connectivity index (χ2n) is 5.45. The lowest BCUT2D eigenvalue weighted by atomic mass is 9.97. The molecule has 2 N–H and O–H groups in total. The fourth-order valence-electron chi connectivity index (χ4n) is 2.71. The third-order valence-corrected chi connectivity index (χ3v) is 4.38. The fraction of sp³-hybridized carbons (Fsp3) is 0.167. The molecule has 1 unspecified atom stereocenters. The van der Waals surface area contributed by atoms with Gasteiger partial charge in [-0.1, -0.05) is 18.2 Å². The van der Waals surface area contributed by atoms with E-state index in [2.05, 4.69) is 15.8 Å². The topological polar surface area (TPSA) is 71.5 Å². The maximum Gasteiger partial charge on any atom is 0.232 e. The van der Waals surface area contributed by atoms with E-state index >= 15 is 0 Å². The quantitative estimate of drug-likeness (QED) is 0.697. The highest BCUT2D eigenvalue weighted by atomic mass is 32.2. The molecule has 0 aliphatic heterocycles. The summed E-state index contributed by atoms with van der Waals surface area (Å²) in [6.45, 7) is 2.34. The van der Waals surface area contributed by atoms with Gasteiger partial charge < -0.3 is 4.74 Å². The van der Waals surface area contributed by atoms with Crippen LogP contribution in [0.1, 0.15) is 11.1 Å². The van der Waals surface area contributed by atoms with Crippen LogP contribution in [0.25, 0.3) is 22.0 Å². The summed E-state index contributed by atoms with van der Waals surface area (Å²) in [6, 6.07) is 13.9. The summed E-state index contributed by atoms with van der Waals surface area (Å²) in [6.07, 6.45) is 1.79. The van der Waals surface area contributed by atoms with Crippen LogP contribution in [0, 0.1) is 6.92 Å². The minimum absolute atomic E-state index is 0.351. The van der Waals surface area contributed by atoms with Gasteiger partial charge in [0.15, 0.2) is 0 Å². The Labute approximate surface area is 143 Å². The van der Waals surface area contributed by atoms with Crippen LogP contribution in [0.5, 0.6) is 5.75 Å². The first-order chi connectivity index (χ1) is 11.6. The summed E-state index contributed by atoms with van der Waals surface area (Å²) in [7, 11) is 1.64. The van der Waals surface area contributed by atoms with Gasteiger partial charge in [-0.2, -0.15) is 0 Å². The number of benzene rings is 2. The molecule has 1 heterocycles. The fourth-order valence-corrected chi connectivity index (χ4v) is 2.99. The highest BCUT2D eigenvalue weighted by Crippen LogP contribution is 2.30. The van der Waals surface area contributed by atoms with Crippen LogP contribution in [0.3, 0.4) is 0 Å². The van der Waals surface area contributed by atoms with Gasteiger partial charge in [0, 0.05) is 24.2 Å². The molecule has 0 saturated heterocycles. The van der Waals surface area contributed by atoms with Crippen LogP contribution < -0.4 is 9.46 Å². The van der Waals surface area contributed by atoms with Crippen LogP contribution in [0.4, 0.5) is 0 Å². The van der Waals surface area contributed by atoms with Crippen LogP contribution in [0.2, 0.25) is 0 Å². The monoisotopic (exact) mass is 342 g/mol. The number of aromatic nitrogens is 1. The van der Waals surface area contributed by atoms with E-state index in [1.54, 1.807) is 13.3 Å². The molecule has 0 aliphatic carbocycles. The molecule has 0 bridgehead atoms. The zero-order valence-electron chi connectivity index (χ0n) is 13.4. The number of hydrogen-bond acceptors (Lipinski definition) is 3. The van der Waals surface area contributed by atoms with E-state index in [4.69, 9.17) is 9.29 Å². The highest BCUT2D eigenvalue weighted by molar-refractivity contribution is 7.77. The molecule has 6 heteroatoms. The summed E-state index contributed by atoms with van der Waals surface area (Å²) in [5, 5.41) is 1.06. The van der Waals surface area contributed by atoms with Crippen molar-refractivity contribution in [3.05, 3.63) is 59.8 Å². The molecular formula is C18H18N2O3S. The predicted octanol–water partition coefficient (Wildman–Crippen LogP) is 3.45. The molecule has 0 fully saturated rings. The Kier molecular flexibility index (Phi) is 4.89. The lowest BCUT2D eigenvalue weighted by Crippen LogP contribution is -2.15. The van der Waals surface area contributed by atoms with Crippen molar-refractivity contribution in [2.24, 2.45) is 0 Å². The first kappa shape index (κ1) is 16.6. The van der Waals surface area contributed by atoms with Gasteiger partial charge in [0.2, 0.25) is 11.3 Å². The molecule has 0 aliphatic rings. The largest absolute Gasteiger partial charge is 0.497 e. The summed E-state index contributed by atoms with van der Waals surface area (Å²) >= 11 is -2.01. The Bertz CT molecular complexity index is 912. The number of rotatable bonds is 5. The Morgan fingerprint density at radius 3 is 2.75 bits per heavy atom. The summed E-state index contributed by atoms with van der Waals surface area (Å²) in [5.74, 6) is 0.779. The number of fused-ring (bicyclic) bond motifs is 1. The number of nitrogens with zero attached hydrogens (tertiary/aromatic N) is 1. The molecule has 3 rings (SSSR count). The summed E-state index contributed by atoms with van der Waals surface area (Å²) in [5.41, 5.74) is 5.10. The summed E-state index contributed by atoms with van der Waals surface area (Å²) in [4.78, 5) is 4.41. The minimum atomic E-state index is -2.01. The van der Waals surface area contributed by atoms with Crippen molar-refractivity contribution in [1.82, 2.24) is 9.71 Å². The van der Waals surface area contributed by atoms with Gasteiger partial charge in [-0.05, 0) is 47.4 Å². The maximum atomic E-state index is 10.8. The van der Waals surface area contributed by atoms with Crippen molar-refractivity contribution in [3.8, 4) is 16.9 Å². The van der Waals surface area contributed by atoms with Crippen LogP contribution >= 0.6 is 0 Å². The number of hydrogen-bond donors (Lipinski definition) is 2. The third kappa shape index (κ3) is 3.46. The zero-order chi connectivity index (χ0) is 17.1. The lowest BCUT2D eigenvalue weighted by Gasteiger charge is -2.11. The first-order valence-corrected chi connectivity index (χ1v) is 8.56. The summed E-state index contributed by atoms with van der Waals surface area (Å²) < 4.78 is 27.4. The third-order valence-electron chi connectivity index (χ3n) is 3.99. The Hall–Kier alpha value is -2.28. The lowest BCUT2D eigenvalue weighted by molar-refractivity contribution is 0.415. The van der Waals surface area contributed by atoms with Gasteiger partial charge in [-0.3, -0.25) is 9.54 Å². The normalized spacial score (nSPS) is 12.3. The van der Waals surface area contributed by atoms with Crippen LogP contribution in [-0.2, 0) is 17.8 Å². The second kappa shape index (κ2) is 7.09. The molecule has 1 aromatic heterocycles. The average Bonchev–Trinajstić information content (AvgIpc) is 2.59. The number of nitrogens with one attached hydrogen (secondary N) is 1. The van der Waals surface area contributed by atoms with E-state index in [-0.39, 0.29) is 0 Å². The molecule has 124 valence electrons. The van der Waals surface area contributed by atoms with E-state index in [1.165, 1.54) is 0 Å². The van der Waals surface area contributed by atoms with Gasteiger partial charge in [0.05, 0.1) is 12.6 Å². The molecule has 3 aromatic rings. The van der Waals surface area contributed by atoms with E-state index in [0.717, 1.165) is 38.9 Å². The van der Waals surface area contributed by atoms with Crippen molar-refractivity contribution in [2.75, 3.05) is 7.11 Å². The predicted molar refractivity (Wildman–Crippen MR) is 96.1 cm³/mol. The van der Waals surface area contributed by atoms with Crippen molar-refractivity contribution >= 4 is 22.2 Å². The molecule has 0 radical (unpaired) electrons. The van der Waals surface area contributed by atoms with E-state index < -0.39 is 11.3 Å². The van der Waals surface area contributed by atoms with E-state index in [0.29, 0.717) is 6.54 Å². The van der Waals surface area contributed by atoms with Gasteiger partial charge in [0.25, 0.3) is 0 Å². The molecule has 24 heavy (non-hydrogen) atoms. The number of pyridine rings is 1. The number of ether oxygens (including phenoxy) is 1. The van der Waals surface area contributed by atoms with Gasteiger partial charge >= 0.3 is 0 Å². The van der Waals surface area contributed by atoms with Gasteiger partial charge in [-0.25, -0.2) is 8.93 Å². The molecule has 5 nitrogen and oxygen atoms in total. The van der Waals surface area contributed by atoms with Crippen molar-refractivity contribution in [2.45, 2.75) is 13.5 Å². The Morgan fingerprint density at radius 1 is 1.21 bits per heavy atom. The number of methoxy groups -OCH3 is 1. The smallest absolute Gasteiger partial charge is 0.232 e. The van der Waals surface area contributed by atoms with Crippen molar-refractivity contribution in [3.63, 3.8) is 0 Å². The molecule has 2 aromatic carbocycles. The first-order valence-electron chi connectivity index (χ1n) is 7.45. The van der Waals surface area contributed by atoms with Crippen molar-refractivity contribution in [1.29, 1.82) is 0 Å². The minimum Gasteiger partial charge on any atom is -0.497 e. The van der Waals surface area contributed by atoms with Crippen molar-refractivity contribution < 1.29 is 13.5 Å². The second-order valence-corrected chi connectivity index (χ2v) is 6.24. The Morgan fingerprint density at radius 2 is 2.04 bits per heavy atom. The molecule has 0 saturated carbocycles. The van der Waals surface area contributed by atoms with Gasteiger partial charge in [-0.15, -0.1) is 0 Å². The van der Waals surface area contributed by atoms with E-state index in [1.807, 2.05) is 43.3 Å². The average molecular weight is 342 g/mol. The number of aryl methyl sites for hydroxylation is 1. The SMILES string of the molecule is COc1ccc2c(-c3ccc(CNS(=O)O)c(C)c3)ccnc2c1. The Balaban J connectivity index is 2.01.